The maximum absolute atomic E-state index is 13.0. The number of pyridine rings is 1. The minimum absolute atomic E-state index is 0.0795. The monoisotopic (exact) mass is 542 g/mol. The summed E-state index contributed by atoms with van der Waals surface area (Å²) in [7, 11) is 1.28. The molecule has 0 unspecified atom stereocenters. The number of carbonyl (C=O) groups is 3. The number of carboxylic acid groups (broad SMARTS) is 1. The molecular weight excluding hydrogens is 522 g/mol. The number of fused-ring (bicyclic) bond motifs is 1. The van der Waals surface area contributed by atoms with E-state index in [9.17, 15) is 19.5 Å². The van der Waals surface area contributed by atoms with E-state index in [4.69, 9.17) is 15.0 Å². The summed E-state index contributed by atoms with van der Waals surface area (Å²) < 4.78 is 7.10. The fourth-order valence-corrected chi connectivity index (χ4v) is 5.90. The van der Waals surface area contributed by atoms with E-state index in [1.54, 1.807) is 24.0 Å². The second-order valence-corrected chi connectivity index (χ2v) is 9.93. The van der Waals surface area contributed by atoms with Gasteiger partial charge in [-0.3, -0.25) is 14.5 Å². The molecule has 3 aromatic heterocycles. The smallest absolute Gasteiger partial charge is 0.352 e. The van der Waals surface area contributed by atoms with Crippen molar-refractivity contribution in [1.29, 1.82) is 0 Å². The van der Waals surface area contributed by atoms with Gasteiger partial charge in [0, 0.05) is 34.4 Å². The average Bonchev–Trinajstić information content (AvgIpc) is 3.58. The van der Waals surface area contributed by atoms with Crippen molar-refractivity contribution in [2.45, 2.75) is 18.0 Å². The normalized spacial score (nSPS) is 19.3. The van der Waals surface area contributed by atoms with Crippen LogP contribution in [0.15, 0.2) is 63.3 Å². The molecule has 2 atom stereocenters. The van der Waals surface area contributed by atoms with Crippen LogP contribution in [0.5, 0.6) is 0 Å². The number of carbonyl (C=O) groups excluding carboxylic acids is 2. The number of hydrogen-bond donors (Lipinski definition) is 3. The van der Waals surface area contributed by atoms with Gasteiger partial charge in [-0.25, -0.2) is 19.3 Å². The number of aliphatic carboxylic acids is 1. The van der Waals surface area contributed by atoms with Gasteiger partial charge in [-0.15, -0.1) is 23.1 Å². The Morgan fingerprint density at radius 2 is 2.19 bits per heavy atom. The van der Waals surface area contributed by atoms with Gasteiger partial charge in [-0.1, -0.05) is 5.16 Å². The zero-order valence-electron chi connectivity index (χ0n) is 19.2. The summed E-state index contributed by atoms with van der Waals surface area (Å²) in [6.45, 7) is 0.273. The van der Waals surface area contributed by atoms with Crippen LogP contribution in [-0.2, 0) is 25.8 Å². The van der Waals surface area contributed by atoms with E-state index in [0.717, 1.165) is 16.9 Å². The number of nitrogens with two attached hydrogens (primary N) is 1. The summed E-state index contributed by atoms with van der Waals surface area (Å²) in [4.78, 5) is 52.0. The van der Waals surface area contributed by atoms with Gasteiger partial charge in [0.2, 0.25) is 0 Å². The van der Waals surface area contributed by atoms with Crippen molar-refractivity contribution >= 4 is 51.7 Å². The predicted octanol–water partition coefficient (Wildman–Crippen LogP) is 0.457. The number of aromatic nitrogens is 3. The van der Waals surface area contributed by atoms with E-state index in [-0.39, 0.29) is 28.8 Å². The molecule has 2 aliphatic rings. The number of thiazole rings is 1. The number of thioether (sulfide) groups is 1. The predicted molar refractivity (Wildman–Crippen MR) is 132 cm³/mol. The average molecular weight is 543 g/mol. The van der Waals surface area contributed by atoms with Crippen LogP contribution in [0.25, 0.3) is 11.3 Å². The Bertz CT molecular complexity index is 1420. The third kappa shape index (κ3) is 4.65. The molecule has 4 N–H and O–H groups in total. The first-order valence-electron chi connectivity index (χ1n) is 10.8. The quantitative estimate of drug-likeness (QED) is 0.157. The number of carboxylic acids is 1. The van der Waals surface area contributed by atoms with Crippen molar-refractivity contribution in [3.63, 3.8) is 0 Å². The first-order valence-corrected chi connectivity index (χ1v) is 12.7. The fourth-order valence-electron chi connectivity index (χ4n) is 4.01. The Morgan fingerprint density at radius 3 is 2.81 bits per heavy atom. The molecule has 190 valence electrons. The highest BCUT2D eigenvalue weighted by Gasteiger charge is 2.54. The van der Waals surface area contributed by atoms with Crippen molar-refractivity contribution in [3.8, 4) is 11.3 Å². The van der Waals surface area contributed by atoms with Crippen LogP contribution in [0.1, 0.15) is 5.69 Å². The van der Waals surface area contributed by atoms with Crippen LogP contribution in [0, 0.1) is 0 Å². The number of oxazole rings is 1. The van der Waals surface area contributed by atoms with Crippen molar-refractivity contribution < 1.29 is 33.3 Å². The van der Waals surface area contributed by atoms with Crippen LogP contribution in [-0.4, -0.2) is 67.7 Å². The second-order valence-electron chi connectivity index (χ2n) is 7.94. The summed E-state index contributed by atoms with van der Waals surface area (Å²) in [6.07, 6.45) is 6.54. The largest absolute Gasteiger partial charge is 0.477 e. The molecule has 3 aromatic rings. The third-order valence-corrected chi connectivity index (χ3v) is 7.69. The van der Waals surface area contributed by atoms with Gasteiger partial charge < -0.3 is 25.4 Å². The minimum Gasteiger partial charge on any atom is -0.477 e. The summed E-state index contributed by atoms with van der Waals surface area (Å²) in [5, 5.41) is 17.5. The molecule has 0 aromatic carbocycles. The molecule has 0 spiro atoms. The van der Waals surface area contributed by atoms with Crippen LogP contribution < -0.4 is 15.6 Å². The maximum Gasteiger partial charge on any atom is 0.352 e. The molecule has 1 saturated heterocycles. The summed E-state index contributed by atoms with van der Waals surface area (Å²) in [6, 6.07) is 2.73. The van der Waals surface area contributed by atoms with Gasteiger partial charge >= 0.3 is 5.97 Å². The van der Waals surface area contributed by atoms with E-state index < -0.39 is 29.2 Å². The van der Waals surface area contributed by atoms with Gasteiger partial charge in [-0.2, -0.15) is 0 Å². The van der Waals surface area contributed by atoms with Crippen molar-refractivity contribution in [2.24, 2.45) is 5.16 Å². The zero-order chi connectivity index (χ0) is 26.1. The lowest BCUT2D eigenvalue weighted by molar-refractivity contribution is -0.689. The lowest BCUT2D eigenvalue weighted by Crippen LogP contribution is -2.71. The van der Waals surface area contributed by atoms with Gasteiger partial charge in [0.05, 0.1) is 6.20 Å². The first kappa shape index (κ1) is 24.5. The molecule has 37 heavy (non-hydrogen) atoms. The molecule has 0 bridgehead atoms. The van der Waals surface area contributed by atoms with E-state index in [1.165, 1.54) is 30.2 Å². The molecule has 2 aliphatic heterocycles. The number of β-lactam (4-membered cyclic amide) rings is 1. The molecule has 0 aliphatic carbocycles. The van der Waals surface area contributed by atoms with Crippen LogP contribution in [0.4, 0.5) is 5.13 Å². The molecule has 2 amide bonds. The molecular formula is C22H20N7O6S2+. The number of nitrogen functional groups attached to an aromatic ring is 1. The van der Waals surface area contributed by atoms with Gasteiger partial charge in [-0.05, 0) is 0 Å². The highest BCUT2D eigenvalue weighted by Crippen LogP contribution is 2.40. The summed E-state index contributed by atoms with van der Waals surface area (Å²) in [5.41, 5.74) is 7.04. The lowest BCUT2D eigenvalue weighted by atomic mass is 10.0. The highest BCUT2D eigenvalue weighted by molar-refractivity contribution is 8.00. The van der Waals surface area contributed by atoms with Crippen molar-refractivity contribution in [3.05, 3.63) is 59.5 Å². The molecule has 5 heterocycles. The summed E-state index contributed by atoms with van der Waals surface area (Å²) in [5.74, 6) is -1.44. The maximum atomic E-state index is 13.0. The number of hydrogen-bond acceptors (Lipinski definition) is 11. The number of amides is 2. The Balaban J connectivity index is 1.32. The Kier molecular flexibility index (Phi) is 6.62. The van der Waals surface area contributed by atoms with E-state index >= 15 is 0 Å². The van der Waals surface area contributed by atoms with Crippen LogP contribution in [0.3, 0.4) is 0 Å². The van der Waals surface area contributed by atoms with E-state index in [0.29, 0.717) is 17.1 Å². The topological polar surface area (TPSA) is 177 Å². The number of anilines is 1. The van der Waals surface area contributed by atoms with Gasteiger partial charge in [0.15, 0.2) is 41.9 Å². The lowest BCUT2D eigenvalue weighted by Gasteiger charge is -2.49. The van der Waals surface area contributed by atoms with Crippen LogP contribution >= 0.6 is 23.1 Å². The summed E-state index contributed by atoms with van der Waals surface area (Å²) >= 11 is 2.50. The number of nitrogens with zero attached hydrogens (tertiary/aromatic N) is 5. The zero-order valence-corrected chi connectivity index (χ0v) is 20.9. The first-order chi connectivity index (χ1) is 17.9. The molecule has 15 heteroatoms. The molecule has 13 nitrogen and oxygen atoms in total. The number of nitrogens with one attached hydrogen (secondary N) is 1. The molecule has 5 rings (SSSR count). The third-order valence-electron chi connectivity index (χ3n) is 5.68. The highest BCUT2D eigenvalue weighted by atomic mass is 32.2. The standard InChI is InChI=1S/C22H19N7O6S2/c1-34-27-15(13-9-37-22(23)25-13)18(30)26-16-19(31)29-17(21(32)33)12(8-36-20(16)29)7-28-4-2-11(3-5-28)14-6-24-10-35-14/h2-6,9-10,16,20H,7-8H2,1H3,(H3-,23,25,26,30,32,33)/p+1/t16-,20+/m1/s1. The van der Waals surface area contributed by atoms with Crippen molar-refractivity contribution in [1.82, 2.24) is 20.2 Å². The fraction of sp³-hybridized carbons (Fsp3) is 0.227. The van der Waals surface area contributed by atoms with Crippen molar-refractivity contribution in [2.75, 3.05) is 18.6 Å². The second kappa shape index (κ2) is 10.0. The SMILES string of the molecule is CON=C(C(=O)N[C@@H]1C(=O)N2C(C(=O)O)=C(C[n+]3ccc(-c4cnco4)cc3)CS[C@@H]12)c1csc(N)n1. The Morgan fingerprint density at radius 1 is 1.41 bits per heavy atom. The van der Waals surface area contributed by atoms with E-state index in [2.05, 4.69) is 20.4 Å². The number of oxime groups is 1. The van der Waals surface area contributed by atoms with Crippen LogP contribution in [0.2, 0.25) is 0 Å². The number of rotatable bonds is 8. The minimum atomic E-state index is -1.21. The molecule has 1 fully saturated rings. The van der Waals surface area contributed by atoms with Gasteiger partial charge in [0.25, 0.3) is 11.8 Å². The molecule has 0 radical (unpaired) electrons. The molecule has 0 saturated carbocycles. The van der Waals surface area contributed by atoms with Gasteiger partial charge in [0.1, 0.15) is 29.9 Å². The van der Waals surface area contributed by atoms with E-state index in [1.807, 2.05) is 16.7 Å². The Hall–Kier alpha value is -4.24. The Labute approximate surface area is 217 Å².